The van der Waals surface area contributed by atoms with Crippen LogP contribution in [0, 0.1) is 11.3 Å². The lowest BCUT2D eigenvalue weighted by molar-refractivity contribution is -0.112. The summed E-state index contributed by atoms with van der Waals surface area (Å²) in [4.78, 5) is 14.3. The first-order chi connectivity index (χ1) is 10.7. The number of carbonyl (C=O) groups is 1. The Hall–Kier alpha value is -2.38. The number of rotatable bonds is 5. The largest absolute Gasteiger partial charge is 0.321 e. The van der Waals surface area contributed by atoms with Crippen LogP contribution in [-0.2, 0) is 17.6 Å². The van der Waals surface area contributed by atoms with Crippen molar-refractivity contribution in [2.24, 2.45) is 0 Å². The Morgan fingerprint density at radius 1 is 1.18 bits per heavy atom. The zero-order chi connectivity index (χ0) is 15.9. The summed E-state index contributed by atoms with van der Waals surface area (Å²) < 4.78 is 0. The number of nitriles is 1. The molecule has 0 saturated heterocycles. The summed E-state index contributed by atoms with van der Waals surface area (Å²) in [5.41, 5.74) is 2.02. The lowest BCUT2D eigenvalue weighted by atomic mass is 10.1. The molecule has 4 heteroatoms. The number of thiophene rings is 1. The smallest absolute Gasteiger partial charge is 0.266 e. The summed E-state index contributed by atoms with van der Waals surface area (Å²) in [7, 11) is 0. The molecule has 1 aromatic carbocycles. The van der Waals surface area contributed by atoms with Gasteiger partial charge in [-0.15, -0.1) is 11.3 Å². The maximum Gasteiger partial charge on any atom is 0.266 e. The Kier molecular flexibility index (Phi) is 5.51. The molecule has 0 bridgehead atoms. The van der Waals surface area contributed by atoms with Gasteiger partial charge in [-0.3, -0.25) is 4.79 Å². The second-order valence-corrected chi connectivity index (χ2v) is 6.03. The zero-order valence-corrected chi connectivity index (χ0v) is 13.5. The molecule has 0 unspecified atom stereocenters. The monoisotopic (exact) mass is 310 g/mol. The summed E-state index contributed by atoms with van der Waals surface area (Å²) in [5.74, 6) is -0.377. The predicted molar refractivity (Wildman–Crippen MR) is 91.7 cm³/mol. The minimum Gasteiger partial charge on any atom is -0.321 e. The Balaban J connectivity index is 2.12. The third-order valence-electron chi connectivity index (χ3n) is 3.30. The molecule has 112 valence electrons. The molecule has 0 radical (unpaired) electrons. The second kappa shape index (κ2) is 7.58. The highest BCUT2D eigenvalue weighted by Crippen LogP contribution is 2.20. The molecule has 0 atom stereocenters. The van der Waals surface area contributed by atoms with E-state index < -0.39 is 0 Å². The minimum absolute atomic E-state index is 0.115. The van der Waals surface area contributed by atoms with Gasteiger partial charge in [0.1, 0.15) is 11.6 Å². The maximum absolute atomic E-state index is 12.2. The summed E-state index contributed by atoms with van der Waals surface area (Å²) in [6.07, 6.45) is 3.55. The van der Waals surface area contributed by atoms with E-state index in [0.717, 1.165) is 17.7 Å². The highest BCUT2D eigenvalue weighted by atomic mass is 32.1. The number of carbonyl (C=O) groups excluding carboxylic acids is 1. The van der Waals surface area contributed by atoms with E-state index in [2.05, 4.69) is 19.2 Å². The third kappa shape index (κ3) is 4.06. The van der Waals surface area contributed by atoms with Crippen molar-refractivity contribution < 1.29 is 4.79 Å². The molecule has 0 aliphatic heterocycles. The molecule has 1 aromatic heterocycles. The molecule has 0 aliphatic rings. The second-order valence-electron chi connectivity index (χ2n) is 4.83. The molecule has 1 amide bonds. The van der Waals surface area contributed by atoms with Crippen molar-refractivity contribution in [1.82, 2.24) is 0 Å². The number of aryl methyl sites for hydroxylation is 2. The molecule has 0 saturated carbocycles. The van der Waals surface area contributed by atoms with Crippen molar-refractivity contribution in [2.45, 2.75) is 26.7 Å². The van der Waals surface area contributed by atoms with E-state index in [-0.39, 0.29) is 11.5 Å². The number of amides is 1. The number of anilines is 1. The van der Waals surface area contributed by atoms with Gasteiger partial charge in [-0.25, -0.2) is 0 Å². The Morgan fingerprint density at radius 3 is 2.45 bits per heavy atom. The number of benzene rings is 1. The zero-order valence-electron chi connectivity index (χ0n) is 12.7. The topological polar surface area (TPSA) is 52.9 Å². The number of hydrogen-bond donors (Lipinski definition) is 1. The van der Waals surface area contributed by atoms with Gasteiger partial charge in [-0.05, 0) is 48.7 Å². The van der Waals surface area contributed by atoms with Crippen LogP contribution in [0.3, 0.4) is 0 Å². The first-order valence-corrected chi connectivity index (χ1v) is 8.08. The van der Waals surface area contributed by atoms with Crippen LogP contribution in [-0.4, -0.2) is 5.91 Å². The third-order valence-corrected chi connectivity index (χ3v) is 4.48. The van der Waals surface area contributed by atoms with E-state index in [9.17, 15) is 10.1 Å². The maximum atomic E-state index is 12.2. The van der Waals surface area contributed by atoms with Gasteiger partial charge in [0, 0.05) is 15.4 Å². The molecular weight excluding hydrogens is 292 g/mol. The molecule has 0 aliphatic carbocycles. The van der Waals surface area contributed by atoms with E-state index in [4.69, 9.17) is 0 Å². The molecule has 3 nitrogen and oxygen atoms in total. The number of nitrogens with one attached hydrogen (secondary N) is 1. The average Bonchev–Trinajstić information content (AvgIpc) is 3.01. The summed E-state index contributed by atoms with van der Waals surface area (Å²) in [5, 5.41) is 12.0. The van der Waals surface area contributed by atoms with Crippen LogP contribution >= 0.6 is 11.3 Å². The lowest BCUT2D eigenvalue weighted by Gasteiger charge is -2.05. The van der Waals surface area contributed by atoms with Crippen molar-refractivity contribution in [2.75, 3.05) is 5.32 Å². The highest BCUT2D eigenvalue weighted by molar-refractivity contribution is 7.12. The number of nitrogens with zero attached hydrogens (tertiary/aromatic N) is 1. The van der Waals surface area contributed by atoms with Crippen LogP contribution in [0.25, 0.3) is 6.08 Å². The lowest BCUT2D eigenvalue weighted by Crippen LogP contribution is -2.13. The van der Waals surface area contributed by atoms with E-state index in [1.807, 2.05) is 42.5 Å². The van der Waals surface area contributed by atoms with Crippen LogP contribution in [0.2, 0.25) is 0 Å². The van der Waals surface area contributed by atoms with Crippen LogP contribution in [0.1, 0.15) is 29.2 Å². The Bertz CT molecular complexity index is 720. The first-order valence-electron chi connectivity index (χ1n) is 7.27. The normalized spacial score (nSPS) is 11.0. The Morgan fingerprint density at radius 2 is 1.91 bits per heavy atom. The van der Waals surface area contributed by atoms with Crippen LogP contribution < -0.4 is 5.32 Å². The van der Waals surface area contributed by atoms with Crippen molar-refractivity contribution >= 4 is 29.0 Å². The average molecular weight is 310 g/mol. The van der Waals surface area contributed by atoms with Gasteiger partial charge < -0.3 is 5.32 Å². The molecule has 1 N–H and O–H groups in total. The quantitative estimate of drug-likeness (QED) is 0.656. The van der Waals surface area contributed by atoms with Crippen molar-refractivity contribution in [1.29, 1.82) is 5.26 Å². The fourth-order valence-corrected chi connectivity index (χ4v) is 2.87. The predicted octanol–water partition coefficient (Wildman–Crippen LogP) is 4.42. The number of hydrogen-bond acceptors (Lipinski definition) is 3. The molecular formula is C18H18N2OS. The van der Waals surface area contributed by atoms with Crippen LogP contribution in [0.5, 0.6) is 0 Å². The van der Waals surface area contributed by atoms with Crippen molar-refractivity contribution in [3.8, 4) is 6.07 Å². The van der Waals surface area contributed by atoms with Gasteiger partial charge in [0.25, 0.3) is 5.91 Å². The van der Waals surface area contributed by atoms with E-state index in [1.165, 1.54) is 10.4 Å². The van der Waals surface area contributed by atoms with E-state index in [1.54, 1.807) is 17.4 Å². The van der Waals surface area contributed by atoms with Crippen molar-refractivity contribution in [3.63, 3.8) is 0 Å². The van der Waals surface area contributed by atoms with Gasteiger partial charge in [0.15, 0.2) is 0 Å². The van der Waals surface area contributed by atoms with Crippen LogP contribution in [0.15, 0.2) is 42.0 Å². The van der Waals surface area contributed by atoms with E-state index in [0.29, 0.717) is 5.69 Å². The molecule has 2 aromatic rings. The summed E-state index contributed by atoms with van der Waals surface area (Å²) >= 11 is 1.60. The molecule has 0 fully saturated rings. The SMILES string of the molecule is CCc1ccc(NC(=O)/C(C#N)=C\c2ccc(CC)s2)cc1. The summed E-state index contributed by atoms with van der Waals surface area (Å²) in [6.45, 7) is 4.16. The van der Waals surface area contributed by atoms with E-state index >= 15 is 0 Å². The highest BCUT2D eigenvalue weighted by Gasteiger charge is 2.10. The van der Waals surface area contributed by atoms with Gasteiger partial charge in [0.05, 0.1) is 0 Å². The van der Waals surface area contributed by atoms with Crippen LogP contribution in [0.4, 0.5) is 5.69 Å². The van der Waals surface area contributed by atoms with Gasteiger partial charge in [-0.1, -0.05) is 26.0 Å². The van der Waals surface area contributed by atoms with Gasteiger partial charge in [0.2, 0.25) is 0 Å². The molecule has 1 heterocycles. The fourth-order valence-electron chi connectivity index (χ4n) is 1.98. The molecule has 2 rings (SSSR count). The first kappa shape index (κ1) is 16.0. The summed E-state index contributed by atoms with van der Waals surface area (Å²) in [6, 6.07) is 13.6. The van der Waals surface area contributed by atoms with Crippen molar-refractivity contribution in [3.05, 3.63) is 57.3 Å². The minimum atomic E-state index is -0.377. The standard InChI is InChI=1S/C18H18N2OS/c1-3-13-5-7-15(8-6-13)20-18(21)14(12-19)11-17-10-9-16(4-2)22-17/h5-11H,3-4H2,1-2H3,(H,20,21)/b14-11-. The van der Waals surface area contributed by atoms with Gasteiger partial charge in [-0.2, -0.15) is 5.26 Å². The molecule has 22 heavy (non-hydrogen) atoms. The molecule has 0 spiro atoms. The Labute approximate surface area is 134 Å². The fraction of sp³-hybridized carbons (Fsp3) is 0.222. The van der Waals surface area contributed by atoms with Gasteiger partial charge >= 0.3 is 0 Å².